The van der Waals surface area contributed by atoms with Crippen molar-refractivity contribution in [3.05, 3.63) is 63.2 Å². The molecular weight excluding hydrogens is 282 g/mol. The van der Waals surface area contributed by atoms with E-state index < -0.39 is 10.8 Å². The number of hydrogen-bond donors (Lipinski definition) is 2. The Morgan fingerprint density at radius 2 is 2.00 bits per heavy atom. The second-order valence-electron chi connectivity index (χ2n) is 4.00. The maximum atomic E-state index is 12.0. The van der Waals surface area contributed by atoms with Crippen LogP contribution in [0.25, 0.3) is 0 Å². The van der Waals surface area contributed by atoms with Crippen molar-refractivity contribution in [1.29, 1.82) is 0 Å². The van der Waals surface area contributed by atoms with Gasteiger partial charge in [0.2, 0.25) is 0 Å². The molecule has 0 aromatic heterocycles. The molecule has 102 valence electrons. The van der Waals surface area contributed by atoms with Crippen molar-refractivity contribution in [2.45, 2.75) is 0 Å². The molecule has 3 N–H and O–H groups in total. The smallest absolute Gasteiger partial charge is 0.292 e. The van der Waals surface area contributed by atoms with Crippen LogP contribution in [-0.4, -0.2) is 10.8 Å². The molecule has 2 rings (SSSR count). The molecule has 20 heavy (non-hydrogen) atoms. The zero-order chi connectivity index (χ0) is 14.7. The number of nitro groups is 1. The number of rotatable bonds is 3. The zero-order valence-corrected chi connectivity index (χ0v) is 10.9. The van der Waals surface area contributed by atoms with E-state index in [2.05, 4.69) is 5.32 Å². The van der Waals surface area contributed by atoms with Crippen LogP contribution < -0.4 is 11.1 Å². The van der Waals surface area contributed by atoms with E-state index in [1.54, 1.807) is 24.3 Å². The van der Waals surface area contributed by atoms with Gasteiger partial charge in [0, 0.05) is 22.3 Å². The second-order valence-corrected chi connectivity index (χ2v) is 4.43. The third-order valence-electron chi connectivity index (χ3n) is 2.57. The van der Waals surface area contributed by atoms with Crippen molar-refractivity contribution in [2.24, 2.45) is 0 Å². The van der Waals surface area contributed by atoms with Gasteiger partial charge >= 0.3 is 0 Å². The van der Waals surface area contributed by atoms with Gasteiger partial charge in [0.15, 0.2) is 0 Å². The lowest BCUT2D eigenvalue weighted by atomic mass is 10.1. The Labute approximate surface area is 119 Å². The molecule has 0 fully saturated rings. The van der Waals surface area contributed by atoms with E-state index in [1.165, 1.54) is 18.2 Å². The van der Waals surface area contributed by atoms with E-state index in [0.29, 0.717) is 10.7 Å². The molecule has 0 aliphatic heterocycles. The van der Waals surface area contributed by atoms with Crippen LogP contribution in [0.1, 0.15) is 10.4 Å². The van der Waals surface area contributed by atoms with Crippen LogP contribution >= 0.6 is 11.6 Å². The van der Waals surface area contributed by atoms with E-state index >= 15 is 0 Å². The van der Waals surface area contributed by atoms with Crippen LogP contribution in [0.3, 0.4) is 0 Å². The Balaban J connectivity index is 2.22. The monoisotopic (exact) mass is 291 g/mol. The SMILES string of the molecule is Nc1cc(C(=O)Nc2cccc(Cl)c2)ccc1[N+](=O)[O-]. The van der Waals surface area contributed by atoms with Gasteiger partial charge < -0.3 is 11.1 Å². The third kappa shape index (κ3) is 3.04. The number of anilines is 2. The summed E-state index contributed by atoms with van der Waals surface area (Å²) in [6, 6.07) is 10.4. The van der Waals surface area contributed by atoms with Crippen LogP contribution in [0.4, 0.5) is 17.1 Å². The number of nitrogen functional groups attached to an aromatic ring is 1. The van der Waals surface area contributed by atoms with Gasteiger partial charge in [-0.05, 0) is 30.3 Å². The average molecular weight is 292 g/mol. The first kappa shape index (κ1) is 13.8. The van der Waals surface area contributed by atoms with Crippen molar-refractivity contribution in [3.8, 4) is 0 Å². The number of amides is 1. The topological polar surface area (TPSA) is 98.3 Å². The summed E-state index contributed by atoms with van der Waals surface area (Å²) in [6.07, 6.45) is 0. The molecule has 0 spiro atoms. The van der Waals surface area contributed by atoms with Crippen LogP contribution in [-0.2, 0) is 0 Å². The Kier molecular flexibility index (Phi) is 3.86. The average Bonchev–Trinajstić information content (AvgIpc) is 2.38. The van der Waals surface area contributed by atoms with Crippen molar-refractivity contribution in [1.82, 2.24) is 0 Å². The number of carbonyl (C=O) groups excluding carboxylic acids is 1. The lowest BCUT2D eigenvalue weighted by molar-refractivity contribution is -0.383. The van der Waals surface area contributed by atoms with Crippen molar-refractivity contribution in [3.63, 3.8) is 0 Å². The standard InChI is InChI=1S/C13H10ClN3O3/c14-9-2-1-3-10(7-9)16-13(18)8-4-5-12(17(19)20)11(15)6-8/h1-7H,15H2,(H,16,18). The number of nitrogens with one attached hydrogen (secondary N) is 1. The first-order valence-corrected chi connectivity index (χ1v) is 5.96. The summed E-state index contributed by atoms with van der Waals surface area (Å²) in [5.74, 6) is -0.422. The first-order valence-electron chi connectivity index (χ1n) is 5.58. The number of benzene rings is 2. The molecule has 0 saturated heterocycles. The minimum atomic E-state index is -0.603. The number of halogens is 1. The lowest BCUT2D eigenvalue weighted by Crippen LogP contribution is -2.12. The van der Waals surface area contributed by atoms with Crippen molar-refractivity contribution in [2.75, 3.05) is 11.1 Å². The van der Waals surface area contributed by atoms with Gasteiger partial charge in [-0.25, -0.2) is 0 Å². The second kappa shape index (κ2) is 5.58. The third-order valence-corrected chi connectivity index (χ3v) is 2.80. The van der Waals surface area contributed by atoms with Gasteiger partial charge in [-0.1, -0.05) is 17.7 Å². The predicted molar refractivity (Wildman–Crippen MR) is 76.9 cm³/mol. The maximum absolute atomic E-state index is 12.0. The molecule has 7 heteroatoms. The van der Waals surface area contributed by atoms with Gasteiger partial charge in [-0.2, -0.15) is 0 Å². The lowest BCUT2D eigenvalue weighted by Gasteiger charge is -2.06. The normalized spacial score (nSPS) is 10.1. The number of hydrogen-bond acceptors (Lipinski definition) is 4. The number of nitro benzene ring substituents is 1. The quantitative estimate of drug-likeness (QED) is 0.516. The van der Waals surface area contributed by atoms with E-state index in [-0.39, 0.29) is 16.9 Å². The van der Waals surface area contributed by atoms with Crippen LogP contribution in [0.15, 0.2) is 42.5 Å². The van der Waals surface area contributed by atoms with Crippen LogP contribution in [0.2, 0.25) is 5.02 Å². The van der Waals surface area contributed by atoms with E-state index in [4.69, 9.17) is 17.3 Å². The molecular formula is C13H10ClN3O3. The Bertz CT molecular complexity index is 688. The molecule has 0 heterocycles. The number of nitrogens with two attached hydrogens (primary N) is 1. The molecule has 0 aliphatic carbocycles. The molecule has 0 saturated carbocycles. The summed E-state index contributed by atoms with van der Waals surface area (Å²) in [5.41, 5.74) is 6.00. The van der Waals surface area contributed by atoms with Gasteiger partial charge in [0.25, 0.3) is 11.6 Å². The molecule has 2 aromatic rings. The molecule has 0 bridgehead atoms. The van der Waals surface area contributed by atoms with Gasteiger partial charge in [-0.15, -0.1) is 0 Å². The number of carbonyl (C=O) groups is 1. The first-order chi connectivity index (χ1) is 9.47. The summed E-state index contributed by atoms with van der Waals surface area (Å²) in [7, 11) is 0. The van der Waals surface area contributed by atoms with Crippen LogP contribution in [0, 0.1) is 10.1 Å². The summed E-state index contributed by atoms with van der Waals surface area (Å²) in [4.78, 5) is 22.0. The highest BCUT2D eigenvalue weighted by atomic mass is 35.5. The fourth-order valence-corrected chi connectivity index (χ4v) is 1.82. The Morgan fingerprint density at radius 1 is 1.25 bits per heavy atom. The van der Waals surface area contributed by atoms with E-state index in [0.717, 1.165) is 0 Å². The molecule has 2 aromatic carbocycles. The maximum Gasteiger partial charge on any atom is 0.292 e. The minimum absolute atomic E-state index is 0.0613. The molecule has 6 nitrogen and oxygen atoms in total. The highest BCUT2D eigenvalue weighted by molar-refractivity contribution is 6.30. The Morgan fingerprint density at radius 3 is 2.60 bits per heavy atom. The minimum Gasteiger partial charge on any atom is -0.393 e. The van der Waals surface area contributed by atoms with Gasteiger partial charge in [-0.3, -0.25) is 14.9 Å². The summed E-state index contributed by atoms with van der Waals surface area (Å²) in [5, 5.41) is 13.8. The number of nitrogens with zero attached hydrogens (tertiary/aromatic N) is 1. The van der Waals surface area contributed by atoms with Gasteiger partial charge in [0.1, 0.15) is 5.69 Å². The highest BCUT2D eigenvalue weighted by Gasteiger charge is 2.14. The Hall–Kier alpha value is -2.60. The fraction of sp³-hybridized carbons (Fsp3) is 0. The van der Waals surface area contributed by atoms with Crippen LogP contribution in [0.5, 0.6) is 0 Å². The van der Waals surface area contributed by atoms with Gasteiger partial charge in [0.05, 0.1) is 4.92 Å². The molecule has 1 amide bonds. The fourth-order valence-electron chi connectivity index (χ4n) is 1.63. The molecule has 0 atom stereocenters. The van der Waals surface area contributed by atoms with Crippen molar-refractivity contribution < 1.29 is 9.72 Å². The predicted octanol–water partition coefficient (Wildman–Crippen LogP) is 3.08. The highest BCUT2D eigenvalue weighted by Crippen LogP contribution is 2.23. The summed E-state index contributed by atoms with van der Waals surface area (Å²) in [6.45, 7) is 0. The summed E-state index contributed by atoms with van der Waals surface area (Å²) < 4.78 is 0. The van der Waals surface area contributed by atoms with E-state index in [1.807, 2.05) is 0 Å². The molecule has 0 radical (unpaired) electrons. The summed E-state index contributed by atoms with van der Waals surface area (Å²) >= 11 is 5.81. The van der Waals surface area contributed by atoms with E-state index in [9.17, 15) is 14.9 Å². The zero-order valence-electron chi connectivity index (χ0n) is 10.2. The largest absolute Gasteiger partial charge is 0.393 e. The molecule has 0 aliphatic rings. The van der Waals surface area contributed by atoms with Crippen molar-refractivity contribution >= 4 is 34.6 Å². The molecule has 0 unspecified atom stereocenters.